The second-order valence-electron chi connectivity index (χ2n) is 13.5. The Morgan fingerprint density at radius 3 is 2.15 bits per heavy atom. The Kier molecular flexibility index (Phi) is 9.00. The number of carbonyl (C=O) groups excluding carboxylic acids is 3. The number of fused-ring (bicyclic) bond motifs is 5. The van der Waals surface area contributed by atoms with Crippen molar-refractivity contribution in [1.82, 2.24) is 0 Å². The topological polar surface area (TPSA) is 130 Å². The number of hydrogen-bond acceptors (Lipinski definition) is 8. The molecule has 2 fully saturated rings. The summed E-state index contributed by atoms with van der Waals surface area (Å²) in [4.78, 5) is 40.0. The average Bonchev–Trinajstić information content (AvgIpc) is 3.34. The van der Waals surface area contributed by atoms with Crippen molar-refractivity contribution in [2.45, 2.75) is 129 Å². The lowest BCUT2D eigenvalue weighted by Gasteiger charge is -2.54. The first kappa shape index (κ1) is 31.9. The van der Waals surface area contributed by atoms with E-state index in [1.165, 1.54) is 0 Å². The summed E-state index contributed by atoms with van der Waals surface area (Å²) in [6, 6.07) is 0. The third kappa shape index (κ3) is 4.82. The van der Waals surface area contributed by atoms with Crippen molar-refractivity contribution >= 4 is 17.7 Å². The van der Waals surface area contributed by atoms with Gasteiger partial charge < -0.3 is 24.8 Å². The van der Waals surface area contributed by atoms with Gasteiger partial charge in [0, 0.05) is 48.3 Å². The molecule has 4 aliphatic carbocycles. The predicted octanol–water partition coefficient (Wildman–Crippen LogP) is 4.58. The lowest BCUT2D eigenvalue weighted by molar-refractivity contribution is -0.233. The molecule has 0 spiro atoms. The third-order valence-electron chi connectivity index (χ3n) is 10.7. The fourth-order valence-electron chi connectivity index (χ4n) is 8.64. The zero-order valence-electron chi connectivity index (χ0n) is 25.7. The number of ether oxygens (including phenoxy) is 2. The van der Waals surface area contributed by atoms with E-state index in [4.69, 9.17) is 9.47 Å². The first-order valence-corrected chi connectivity index (χ1v) is 15.7. The van der Waals surface area contributed by atoms with E-state index in [2.05, 4.69) is 13.8 Å². The van der Waals surface area contributed by atoms with Crippen LogP contribution in [-0.2, 0) is 23.9 Å². The van der Waals surface area contributed by atoms with Gasteiger partial charge in [0.1, 0.15) is 11.7 Å². The Balaban J connectivity index is 1.86. The number of Topliss-reactive ketones (excluding diaryl/α,β-unsaturated/α-hetero) is 1. The molecule has 4 aliphatic rings. The molecule has 8 atom stereocenters. The number of carbonyl (C=O) groups is 3. The third-order valence-corrected chi connectivity index (χ3v) is 10.7. The Hall–Kier alpha value is -2.03. The Labute approximate surface area is 244 Å². The Morgan fingerprint density at radius 2 is 1.59 bits per heavy atom. The van der Waals surface area contributed by atoms with Crippen LogP contribution in [0.15, 0.2) is 23.3 Å². The molecule has 0 aromatic carbocycles. The maximum Gasteiger partial charge on any atom is 0.306 e. The van der Waals surface area contributed by atoms with Crippen LogP contribution in [0.25, 0.3) is 0 Å². The SMILES string of the molecule is CCCCCC(=O)O[C@@H]1[C@@H](CC)[C@]2(O)C3C=C(C)C(=O)[C@@]3(O)CC(CO)=C[C@H]2C2C(C)(C)[C@@]21OC(=O)CCCCC. The molecule has 0 saturated heterocycles. The molecule has 8 nitrogen and oxygen atoms in total. The zero-order chi connectivity index (χ0) is 30.4. The molecule has 0 amide bonds. The molecule has 3 N–H and O–H groups in total. The van der Waals surface area contributed by atoms with E-state index in [-0.39, 0.29) is 31.8 Å². The van der Waals surface area contributed by atoms with Crippen LogP contribution in [0.4, 0.5) is 0 Å². The summed E-state index contributed by atoms with van der Waals surface area (Å²) in [5.74, 6) is -4.07. The van der Waals surface area contributed by atoms with Gasteiger partial charge in [-0.1, -0.05) is 72.5 Å². The number of aliphatic hydroxyl groups is 3. The standard InChI is InChI=1S/C33H50O8/c1-7-10-12-14-25(35)40-29-22(9-3)32(39)23(17-21(19-34)18-31(38)24(32)16-20(4)28(31)37)27-30(5,6)33(27,29)41-26(36)15-13-11-8-2/h16-17,22-24,27,29,34,38-39H,7-15,18-19H2,1-6H3/t22-,23+,24?,27?,29-,31-,32-,33-/m1/s1. The summed E-state index contributed by atoms with van der Waals surface area (Å²) < 4.78 is 12.7. The molecule has 230 valence electrons. The van der Waals surface area contributed by atoms with Crippen molar-refractivity contribution in [2.75, 3.05) is 6.61 Å². The van der Waals surface area contributed by atoms with Gasteiger partial charge in [0.2, 0.25) is 0 Å². The highest BCUT2D eigenvalue weighted by Gasteiger charge is 2.88. The summed E-state index contributed by atoms with van der Waals surface area (Å²) in [7, 11) is 0. The smallest absolute Gasteiger partial charge is 0.306 e. The highest BCUT2D eigenvalue weighted by Crippen LogP contribution is 2.77. The minimum absolute atomic E-state index is 0.103. The van der Waals surface area contributed by atoms with Crippen molar-refractivity contribution in [1.29, 1.82) is 0 Å². The van der Waals surface area contributed by atoms with Crippen LogP contribution in [0, 0.1) is 29.1 Å². The highest BCUT2D eigenvalue weighted by atomic mass is 16.6. The van der Waals surface area contributed by atoms with Gasteiger partial charge in [-0.3, -0.25) is 14.4 Å². The molecular weight excluding hydrogens is 524 g/mol. The van der Waals surface area contributed by atoms with Gasteiger partial charge in [-0.2, -0.15) is 0 Å². The monoisotopic (exact) mass is 574 g/mol. The number of esters is 2. The summed E-state index contributed by atoms with van der Waals surface area (Å²) in [5.41, 5.74) is -4.67. The molecular formula is C33H50O8. The number of hydrogen-bond donors (Lipinski definition) is 3. The van der Waals surface area contributed by atoms with E-state index in [0.29, 0.717) is 30.4 Å². The van der Waals surface area contributed by atoms with E-state index >= 15 is 0 Å². The fourth-order valence-corrected chi connectivity index (χ4v) is 8.64. The number of rotatable bonds is 12. The molecule has 41 heavy (non-hydrogen) atoms. The first-order chi connectivity index (χ1) is 19.3. The van der Waals surface area contributed by atoms with Crippen LogP contribution in [0.5, 0.6) is 0 Å². The lowest BCUT2D eigenvalue weighted by atomic mass is 9.57. The van der Waals surface area contributed by atoms with E-state index in [0.717, 1.165) is 25.7 Å². The molecule has 0 bridgehead atoms. The average molecular weight is 575 g/mol. The molecule has 8 heteroatoms. The maximum atomic E-state index is 13.4. The molecule has 2 unspecified atom stereocenters. The largest absolute Gasteiger partial charge is 0.458 e. The molecule has 0 aliphatic heterocycles. The van der Waals surface area contributed by atoms with E-state index in [1.54, 1.807) is 19.1 Å². The van der Waals surface area contributed by atoms with E-state index in [9.17, 15) is 29.7 Å². The number of unbranched alkanes of at least 4 members (excludes halogenated alkanes) is 4. The van der Waals surface area contributed by atoms with Gasteiger partial charge in [-0.15, -0.1) is 0 Å². The Bertz CT molecular complexity index is 1110. The van der Waals surface area contributed by atoms with Crippen LogP contribution in [0.3, 0.4) is 0 Å². The molecule has 4 rings (SSSR count). The second kappa shape index (κ2) is 11.6. The van der Waals surface area contributed by atoms with Crippen LogP contribution in [-0.4, -0.2) is 62.6 Å². The van der Waals surface area contributed by atoms with Gasteiger partial charge in [0.25, 0.3) is 0 Å². The van der Waals surface area contributed by atoms with E-state index in [1.807, 2.05) is 20.8 Å². The summed E-state index contributed by atoms with van der Waals surface area (Å²) in [6.45, 7) is 11.2. The molecule has 0 aromatic heterocycles. The minimum atomic E-state index is -1.93. The Morgan fingerprint density at radius 1 is 0.976 bits per heavy atom. The van der Waals surface area contributed by atoms with Crippen molar-refractivity contribution < 1.29 is 39.2 Å². The van der Waals surface area contributed by atoms with Crippen LogP contribution in [0.2, 0.25) is 0 Å². The highest BCUT2D eigenvalue weighted by molar-refractivity contribution is 6.04. The van der Waals surface area contributed by atoms with Crippen LogP contribution >= 0.6 is 0 Å². The zero-order valence-corrected chi connectivity index (χ0v) is 25.7. The van der Waals surface area contributed by atoms with Crippen molar-refractivity contribution in [3.8, 4) is 0 Å². The fraction of sp³-hybridized carbons (Fsp3) is 0.788. The predicted molar refractivity (Wildman–Crippen MR) is 153 cm³/mol. The van der Waals surface area contributed by atoms with Gasteiger partial charge in [-0.05, 0) is 37.3 Å². The molecule has 0 heterocycles. The van der Waals surface area contributed by atoms with Gasteiger partial charge in [0.15, 0.2) is 11.4 Å². The van der Waals surface area contributed by atoms with Crippen molar-refractivity contribution in [3.05, 3.63) is 23.3 Å². The number of ketones is 1. The normalized spacial score (nSPS) is 38.6. The van der Waals surface area contributed by atoms with Gasteiger partial charge in [-0.25, -0.2) is 0 Å². The quantitative estimate of drug-likeness (QED) is 0.175. The second-order valence-corrected chi connectivity index (χ2v) is 13.5. The van der Waals surface area contributed by atoms with Gasteiger partial charge >= 0.3 is 11.9 Å². The summed E-state index contributed by atoms with van der Waals surface area (Å²) in [5, 5.41) is 35.2. The molecule has 0 aromatic rings. The number of aliphatic hydroxyl groups excluding tert-OH is 1. The van der Waals surface area contributed by atoms with Crippen LogP contribution < -0.4 is 0 Å². The minimum Gasteiger partial charge on any atom is -0.458 e. The lowest BCUT2D eigenvalue weighted by Crippen LogP contribution is -2.66. The van der Waals surface area contributed by atoms with E-state index < -0.39 is 63.7 Å². The van der Waals surface area contributed by atoms with Crippen molar-refractivity contribution in [2.24, 2.45) is 29.1 Å². The summed E-state index contributed by atoms with van der Waals surface area (Å²) >= 11 is 0. The molecule has 0 radical (unpaired) electrons. The van der Waals surface area contributed by atoms with Crippen LogP contribution in [0.1, 0.15) is 106 Å². The van der Waals surface area contributed by atoms with Crippen molar-refractivity contribution in [3.63, 3.8) is 0 Å². The summed E-state index contributed by atoms with van der Waals surface area (Å²) in [6.07, 6.45) is 8.26. The van der Waals surface area contributed by atoms with Gasteiger partial charge in [0.05, 0.1) is 12.2 Å². The molecule has 2 saturated carbocycles. The first-order valence-electron chi connectivity index (χ1n) is 15.7. The maximum absolute atomic E-state index is 13.4.